The summed E-state index contributed by atoms with van der Waals surface area (Å²) >= 11 is 7.39. The van der Waals surface area contributed by atoms with Gasteiger partial charge in [0.25, 0.3) is 5.91 Å². The number of rotatable bonds is 5. The maximum absolute atomic E-state index is 12.8. The Hall–Kier alpha value is -2.97. The van der Waals surface area contributed by atoms with E-state index < -0.39 is 0 Å². The summed E-state index contributed by atoms with van der Waals surface area (Å²) in [6, 6.07) is 11.0. The summed E-state index contributed by atoms with van der Waals surface area (Å²) in [6.45, 7) is 3.21. The number of nitrogens with one attached hydrogen (secondary N) is 1. The predicted octanol–water partition coefficient (Wildman–Crippen LogP) is 4.12. The second-order valence-corrected chi connectivity index (χ2v) is 8.93. The number of nitrogens with two attached hydrogens (primary N) is 1. The molecular weight excluding hydrogens is 434 g/mol. The Morgan fingerprint density at radius 3 is 2.84 bits per heavy atom. The van der Waals surface area contributed by atoms with E-state index in [2.05, 4.69) is 20.2 Å². The first-order chi connectivity index (χ1) is 14.9. The lowest BCUT2D eigenvalue weighted by Gasteiger charge is -2.32. The van der Waals surface area contributed by atoms with Crippen molar-refractivity contribution in [2.24, 2.45) is 11.7 Å². The Kier molecular flexibility index (Phi) is 6.20. The number of aryl methyl sites for hydroxylation is 1. The maximum atomic E-state index is 12.8. The van der Waals surface area contributed by atoms with Crippen molar-refractivity contribution in [3.05, 3.63) is 58.2 Å². The van der Waals surface area contributed by atoms with Gasteiger partial charge in [0.1, 0.15) is 15.7 Å². The van der Waals surface area contributed by atoms with Gasteiger partial charge in [-0.3, -0.25) is 9.59 Å². The van der Waals surface area contributed by atoms with E-state index in [0.717, 1.165) is 35.8 Å². The average Bonchev–Trinajstić information content (AvgIpc) is 3.16. The number of hydrogen-bond acceptors (Lipinski definition) is 6. The highest BCUT2D eigenvalue weighted by atomic mass is 35.5. The van der Waals surface area contributed by atoms with Crippen LogP contribution in [0.2, 0.25) is 5.02 Å². The van der Waals surface area contributed by atoms with E-state index in [1.54, 1.807) is 12.3 Å². The van der Waals surface area contributed by atoms with Gasteiger partial charge in [-0.25, -0.2) is 9.97 Å². The third-order valence-electron chi connectivity index (χ3n) is 5.23. The summed E-state index contributed by atoms with van der Waals surface area (Å²) in [6.07, 6.45) is 3.33. The van der Waals surface area contributed by atoms with Crippen molar-refractivity contribution in [2.45, 2.75) is 19.8 Å². The monoisotopic (exact) mass is 455 g/mol. The molecule has 1 aromatic carbocycles. The van der Waals surface area contributed by atoms with Gasteiger partial charge in [0.2, 0.25) is 5.91 Å². The summed E-state index contributed by atoms with van der Waals surface area (Å²) in [7, 11) is 0. The molecule has 2 amide bonds. The minimum atomic E-state index is -0.273. The van der Waals surface area contributed by atoms with Crippen LogP contribution < -0.4 is 16.0 Å². The molecule has 31 heavy (non-hydrogen) atoms. The third kappa shape index (κ3) is 4.86. The molecule has 3 N–H and O–H groups in total. The molecule has 0 bridgehead atoms. The lowest BCUT2D eigenvalue weighted by molar-refractivity contribution is -0.122. The first-order valence-corrected chi connectivity index (χ1v) is 11.1. The SMILES string of the molecule is Cc1nc(-c2cccc(Cl)c2)sc1C(=O)Nc1ccc(N2CCCC(C(N)=O)C2)nc1. The molecule has 1 aliphatic rings. The summed E-state index contributed by atoms with van der Waals surface area (Å²) < 4.78 is 0. The summed E-state index contributed by atoms with van der Waals surface area (Å²) in [5.41, 5.74) is 7.58. The number of pyridine rings is 1. The van der Waals surface area contributed by atoms with Crippen molar-refractivity contribution in [1.82, 2.24) is 9.97 Å². The minimum absolute atomic E-state index is 0.155. The molecule has 3 aromatic rings. The summed E-state index contributed by atoms with van der Waals surface area (Å²) in [5, 5.41) is 4.25. The largest absolute Gasteiger partial charge is 0.369 e. The molecule has 1 atom stereocenters. The number of thiazole rings is 1. The number of aromatic nitrogens is 2. The fraction of sp³-hybridized carbons (Fsp3) is 0.273. The van der Waals surface area contributed by atoms with Crippen LogP contribution in [-0.4, -0.2) is 34.9 Å². The second-order valence-electron chi connectivity index (χ2n) is 7.49. The first kappa shape index (κ1) is 21.3. The molecule has 1 saturated heterocycles. The van der Waals surface area contributed by atoms with E-state index >= 15 is 0 Å². The molecule has 3 heterocycles. The van der Waals surface area contributed by atoms with E-state index in [4.69, 9.17) is 17.3 Å². The number of halogens is 1. The number of carbonyl (C=O) groups excluding carboxylic acids is 2. The molecule has 1 unspecified atom stereocenters. The Labute approximate surface area is 189 Å². The fourth-order valence-electron chi connectivity index (χ4n) is 3.60. The van der Waals surface area contributed by atoms with Crippen LogP contribution in [0, 0.1) is 12.8 Å². The third-order valence-corrected chi connectivity index (χ3v) is 6.67. The van der Waals surface area contributed by atoms with Crippen molar-refractivity contribution in [2.75, 3.05) is 23.3 Å². The molecule has 0 aliphatic carbocycles. The Morgan fingerprint density at radius 2 is 2.13 bits per heavy atom. The van der Waals surface area contributed by atoms with Crippen LogP contribution in [0.15, 0.2) is 42.6 Å². The quantitative estimate of drug-likeness (QED) is 0.602. The molecule has 1 fully saturated rings. The number of benzene rings is 1. The van der Waals surface area contributed by atoms with E-state index in [1.165, 1.54) is 11.3 Å². The number of amides is 2. The topological polar surface area (TPSA) is 101 Å². The van der Waals surface area contributed by atoms with Gasteiger partial charge in [-0.15, -0.1) is 11.3 Å². The van der Waals surface area contributed by atoms with Crippen molar-refractivity contribution in [1.29, 1.82) is 0 Å². The van der Waals surface area contributed by atoms with E-state index in [-0.39, 0.29) is 17.7 Å². The molecule has 9 heteroatoms. The number of piperidine rings is 1. The molecule has 0 saturated carbocycles. The summed E-state index contributed by atoms with van der Waals surface area (Å²) in [5.74, 6) is 0.106. The Bertz CT molecular complexity index is 1120. The van der Waals surface area contributed by atoms with E-state index in [0.29, 0.717) is 27.8 Å². The Morgan fingerprint density at radius 1 is 1.29 bits per heavy atom. The zero-order chi connectivity index (χ0) is 22.0. The van der Waals surface area contributed by atoms with Crippen LogP contribution in [0.4, 0.5) is 11.5 Å². The molecule has 160 valence electrons. The molecule has 2 aromatic heterocycles. The molecular formula is C22H22ClN5O2S. The van der Waals surface area contributed by atoms with Gasteiger partial charge < -0.3 is 16.0 Å². The zero-order valence-electron chi connectivity index (χ0n) is 17.0. The lowest BCUT2D eigenvalue weighted by atomic mass is 9.97. The van der Waals surface area contributed by atoms with Crippen LogP contribution in [0.1, 0.15) is 28.2 Å². The van der Waals surface area contributed by atoms with Gasteiger partial charge in [-0.05, 0) is 44.0 Å². The molecule has 0 radical (unpaired) electrons. The molecule has 4 rings (SSSR count). The van der Waals surface area contributed by atoms with Crippen LogP contribution in [0.3, 0.4) is 0 Å². The van der Waals surface area contributed by atoms with Crippen molar-refractivity contribution >= 4 is 46.3 Å². The van der Waals surface area contributed by atoms with E-state index in [1.807, 2.05) is 37.3 Å². The van der Waals surface area contributed by atoms with Crippen molar-refractivity contribution < 1.29 is 9.59 Å². The first-order valence-electron chi connectivity index (χ1n) is 9.96. The highest BCUT2D eigenvalue weighted by Crippen LogP contribution is 2.30. The van der Waals surface area contributed by atoms with E-state index in [9.17, 15) is 9.59 Å². The van der Waals surface area contributed by atoms with Gasteiger partial charge in [-0.2, -0.15) is 0 Å². The van der Waals surface area contributed by atoms with Gasteiger partial charge in [0, 0.05) is 23.7 Å². The smallest absolute Gasteiger partial charge is 0.267 e. The lowest BCUT2D eigenvalue weighted by Crippen LogP contribution is -2.41. The highest BCUT2D eigenvalue weighted by molar-refractivity contribution is 7.17. The highest BCUT2D eigenvalue weighted by Gasteiger charge is 2.24. The van der Waals surface area contributed by atoms with Gasteiger partial charge in [0.15, 0.2) is 0 Å². The number of carbonyl (C=O) groups is 2. The molecule has 1 aliphatic heterocycles. The summed E-state index contributed by atoms with van der Waals surface area (Å²) in [4.78, 5) is 35.9. The zero-order valence-corrected chi connectivity index (χ0v) is 18.5. The van der Waals surface area contributed by atoms with Crippen LogP contribution in [-0.2, 0) is 4.79 Å². The second kappa shape index (κ2) is 9.03. The Balaban J connectivity index is 1.45. The normalized spacial score (nSPS) is 16.2. The van der Waals surface area contributed by atoms with Gasteiger partial charge in [0.05, 0.1) is 23.5 Å². The molecule has 7 nitrogen and oxygen atoms in total. The predicted molar refractivity (Wildman–Crippen MR) is 124 cm³/mol. The standard InChI is InChI=1S/C22H22ClN5O2S/c1-13-19(31-22(26-13)14-4-2-6-16(23)10-14)21(30)27-17-7-8-18(25-11-17)28-9-3-5-15(12-28)20(24)29/h2,4,6-8,10-11,15H,3,5,9,12H2,1H3,(H2,24,29)(H,27,30). The van der Waals surface area contributed by atoms with Crippen molar-refractivity contribution in [3.8, 4) is 10.6 Å². The van der Waals surface area contributed by atoms with Crippen LogP contribution >= 0.6 is 22.9 Å². The fourth-order valence-corrected chi connectivity index (χ4v) is 4.75. The van der Waals surface area contributed by atoms with Crippen LogP contribution in [0.25, 0.3) is 10.6 Å². The molecule has 0 spiro atoms. The number of primary amides is 1. The van der Waals surface area contributed by atoms with Gasteiger partial charge in [-0.1, -0.05) is 23.7 Å². The van der Waals surface area contributed by atoms with Crippen LogP contribution in [0.5, 0.6) is 0 Å². The number of anilines is 2. The maximum Gasteiger partial charge on any atom is 0.267 e. The number of hydrogen-bond donors (Lipinski definition) is 2. The average molecular weight is 456 g/mol. The van der Waals surface area contributed by atoms with Crippen molar-refractivity contribution in [3.63, 3.8) is 0 Å². The minimum Gasteiger partial charge on any atom is -0.369 e. The number of nitrogens with zero attached hydrogens (tertiary/aromatic N) is 3. The van der Waals surface area contributed by atoms with Gasteiger partial charge >= 0.3 is 0 Å².